The number of phenols is 1. The third kappa shape index (κ3) is 3.60. The monoisotopic (exact) mass is 358 g/mol. The molecule has 0 spiro atoms. The van der Waals surface area contributed by atoms with E-state index in [0.717, 1.165) is 37.9 Å². The topological polar surface area (TPSA) is 74.0 Å². The third-order valence-corrected chi connectivity index (χ3v) is 4.98. The van der Waals surface area contributed by atoms with Crippen molar-refractivity contribution in [3.63, 3.8) is 0 Å². The number of benzene rings is 1. The van der Waals surface area contributed by atoms with E-state index in [0.29, 0.717) is 36.2 Å². The van der Waals surface area contributed by atoms with Crippen molar-refractivity contribution in [2.75, 3.05) is 31.1 Å². The van der Waals surface area contributed by atoms with Crippen LogP contribution in [0.4, 0.5) is 5.69 Å². The Morgan fingerprint density at radius 1 is 1.35 bits per heavy atom. The number of hydrogen-bond donors (Lipinski definition) is 1. The highest BCUT2D eigenvalue weighted by molar-refractivity contribution is 5.98. The number of amides is 1. The Labute approximate surface area is 153 Å². The van der Waals surface area contributed by atoms with E-state index in [4.69, 9.17) is 4.42 Å². The number of hydrogen-bond acceptors (Lipinski definition) is 5. The van der Waals surface area contributed by atoms with Crippen LogP contribution in [0.15, 0.2) is 27.4 Å². The van der Waals surface area contributed by atoms with E-state index < -0.39 is 5.63 Å². The van der Waals surface area contributed by atoms with Gasteiger partial charge in [0.05, 0.1) is 6.54 Å². The molecule has 0 saturated heterocycles. The Bertz CT molecular complexity index is 859. The molecule has 0 unspecified atom stereocenters. The molecule has 0 bridgehead atoms. The normalized spacial score (nSPS) is 14.0. The SMILES string of the molecule is CCCCN(CC)CC(=O)N1CCCc2c1c(=O)oc1ccc(O)cc21. The second-order valence-electron chi connectivity index (χ2n) is 6.77. The molecule has 3 rings (SSSR count). The fourth-order valence-electron chi connectivity index (χ4n) is 3.55. The summed E-state index contributed by atoms with van der Waals surface area (Å²) in [7, 11) is 0. The second kappa shape index (κ2) is 7.91. The molecule has 6 nitrogen and oxygen atoms in total. The Morgan fingerprint density at radius 3 is 2.88 bits per heavy atom. The minimum absolute atomic E-state index is 0.0734. The summed E-state index contributed by atoms with van der Waals surface area (Å²) in [6.07, 6.45) is 3.60. The highest BCUT2D eigenvalue weighted by Crippen LogP contribution is 2.32. The zero-order valence-electron chi connectivity index (χ0n) is 15.5. The van der Waals surface area contributed by atoms with E-state index in [1.807, 2.05) is 6.92 Å². The summed E-state index contributed by atoms with van der Waals surface area (Å²) in [6.45, 7) is 6.66. The lowest BCUT2D eigenvalue weighted by Gasteiger charge is -2.31. The van der Waals surface area contributed by atoms with Crippen LogP contribution in [0.2, 0.25) is 0 Å². The number of aryl methyl sites for hydroxylation is 1. The van der Waals surface area contributed by atoms with Gasteiger partial charge in [0.15, 0.2) is 0 Å². The fraction of sp³-hybridized carbons (Fsp3) is 0.500. The molecule has 0 fully saturated rings. The van der Waals surface area contributed by atoms with Crippen LogP contribution in [-0.4, -0.2) is 42.1 Å². The molecule has 1 N–H and O–H groups in total. The van der Waals surface area contributed by atoms with Gasteiger partial charge in [0.1, 0.15) is 17.0 Å². The van der Waals surface area contributed by atoms with Gasteiger partial charge in [-0.2, -0.15) is 0 Å². The largest absolute Gasteiger partial charge is 0.508 e. The number of phenolic OH excluding ortho intramolecular Hbond substituents is 1. The molecule has 0 radical (unpaired) electrons. The molecule has 6 heteroatoms. The molecule has 1 aromatic carbocycles. The average molecular weight is 358 g/mol. The first-order valence-electron chi connectivity index (χ1n) is 9.36. The zero-order chi connectivity index (χ0) is 18.7. The molecule has 1 aliphatic heterocycles. The lowest BCUT2D eigenvalue weighted by Crippen LogP contribution is -2.45. The summed E-state index contributed by atoms with van der Waals surface area (Å²) in [5, 5.41) is 10.5. The first-order chi connectivity index (χ1) is 12.5. The number of nitrogens with zero attached hydrogens (tertiary/aromatic N) is 2. The summed E-state index contributed by atoms with van der Waals surface area (Å²) in [6, 6.07) is 4.69. The summed E-state index contributed by atoms with van der Waals surface area (Å²) in [5.41, 5.74) is 1.09. The minimum Gasteiger partial charge on any atom is -0.508 e. The number of anilines is 1. The van der Waals surface area contributed by atoms with Gasteiger partial charge in [0, 0.05) is 11.9 Å². The van der Waals surface area contributed by atoms with Crippen molar-refractivity contribution in [3.05, 3.63) is 34.2 Å². The number of aromatic hydroxyl groups is 1. The van der Waals surface area contributed by atoms with Crippen LogP contribution in [-0.2, 0) is 11.2 Å². The fourth-order valence-corrected chi connectivity index (χ4v) is 3.55. The van der Waals surface area contributed by atoms with Gasteiger partial charge in [-0.05, 0) is 56.1 Å². The van der Waals surface area contributed by atoms with Crippen molar-refractivity contribution in [1.82, 2.24) is 4.90 Å². The highest BCUT2D eigenvalue weighted by Gasteiger charge is 2.29. The Hall–Kier alpha value is -2.34. The van der Waals surface area contributed by atoms with Gasteiger partial charge < -0.3 is 14.4 Å². The van der Waals surface area contributed by atoms with Gasteiger partial charge in [-0.3, -0.25) is 9.69 Å². The number of rotatable bonds is 6. The van der Waals surface area contributed by atoms with Crippen molar-refractivity contribution in [2.24, 2.45) is 0 Å². The zero-order valence-corrected chi connectivity index (χ0v) is 15.5. The third-order valence-electron chi connectivity index (χ3n) is 4.98. The molecule has 1 aliphatic rings. The molecular formula is C20H26N2O4. The molecule has 1 aromatic heterocycles. The summed E-state index contributed by atoms with van der Waals surface area (Å²) < 4.78 is 5.42. The Morgan fingerprint density at radius 2 is 2.15 bits per heavy atom. The maximum absolute atomic E-state index is 12.9. The van der Waals surface area contributed by atoms with Crippen LogP contribution >= 0.6 is 0 Å². The second-order valence-corrected chi connectivity index (χ2v) is 6.77. The smallest absolute Gasteiger partial charge is 0.360 e. The van der Waals surface area contributed by atoms with E-state index in [1.165, 1.54) is 6.07 Å². The van der Waals surface area contributed by atoms with Gasteiger partial charge in [0.25, 0.3) is 0 Å². The molecule has 0 atom stereocenters. The van der Waals surface area contributed by atoms with E-state index in [2.05, 4.69) is 11.8 Å². The molecule has 2 heterocycles. The average Bonchev–Trinajstić information content (AvgIpc) is 2.65. The molecule has 140 valence electrons. The van der Waals surface area contributed by atoms with E-state index >= 15 is 0 Å². The Kier molecular flexibility index (Phi) is 5.61. The van der Waals surface area contributed by atoms with Gasteiger partial charge in [-0.1, -0.05) is 20.3 Å². The van der Waals surface area contributed by atoms with Crippen molar-refractivity contribution in [3.8, 4) is 5.75 Å². The first kappa shape index (κ1) is 18.5. The van der Waals surface area contributed by atoms with Crippen molar-refractivity contribution in [1.29, 1.82) is 0 Å². The van der Waals surface area contributed by atoms with Gasteiger partial charge in [-0.25, -0.2) is 4.79 Å². The Balaban J connectivity index is 1.95. The molecule has 0 aliphatic carbocycles. The van der Waals surface area contributed by atoms with Crippen LogP contribution < -0.4 is 10.5 Å². The summed E-state index contributed by atoms with van der Waals surface area (Å²) in [5.74, 6) is 0.0458. The first-order valence-corrected chi connectivity index (χ1v) is 9.36. The van der Waals surface area contributed by atoms with Gasteiger partial charge in [-0.15, -0.1) is 0 Å². The number of carbonyl (C=O) groups is 1. The van der Waals surface area contributed by atoms with Crippen LogP contribution in [0.3, 0.4) is 0 Å². The predicted octanol–water partition coefficient (Wildman–Crippen LogP) is 2.90. The molecular weight excluding hydrogens is 332 g/mol. The van der Waals surface area contributed by atoms with Gasteiger partial charge in [0.2, 0.25) is 5.91 Å². The van der Waals surface area contributed by atoms with E-state index in [1.54, 1.807) is 17.0 Å². The predicted molar refractivity (Wildman–Crippen MR) is 102 cm³/mol. The van der Waals surface area contributed by atoms with Crippen LogP contribution in [0.5, 0.6) is 5.75 Å². The van der Waals surface area contributed by atoms with Crippen LogP contribution in [0, 0.1) is 0 Å². The molecule has 1 amide bonds. The van der Waals surface area contributed by atoms with E-state index in [-0.39, 0.29) is 11.7 Å². The maximum atomic E-state index is 12.9. The van der Waals surface area contributed by atoms with Gasteiger partial charge >= 0.3 is 5.63 Å². The van der Waals surface area contributed by atoms with E-state index in [9.17, 15) is 14.7 Å². The molecule has 0 saturated carbocycles. The quantitative estimate of drug-likeness (QED) is 0.804. The summed E-state index contributed by atoms with van der Waals surface area (Å²) >= 11 is 0. The number of carbonyl (C=O) groups excluding carboxylic acids is 1. The molecule has 26 heavy (non-hydrogen) atoms. The minimum atomic E-state index is -0.483. The van der Waals surface area contributed by atoms with Crippen molar-refractivity contribution < 1.29 is 14.3 Å². The summed E-state index contributed by atoms with van der Waals surface area (Å²) in [4.78, 5) is 29.1. The number of fused-ring (bicyclic) bond motifs is 3. The molecule has 2 aromatic rings. The van der Waals surface area contributed by atoms with Crippen LogP contribution in [0.1, 0.15) is 38.7 Å². The van der Waals surface area contributed by atoms with Crippen LogP contribution in [0.25, 0.3) is 11.0 Å². The standard InChI is InChI=1S/C20H26N2O4/c1-3-5-10-21(4-2)13-18(24)22-11-6-7-15-16-12-14(23)8-9-17(16)26-20(25)19(15)22/h8-9,12,23H,3-7,10-11,13H2,1-2H3. The lowest BCUT2D eigenvalue weighted by atomic mass is 9.98. The van der Waals surface area contributed by atoms with Crippen molar-refractivity contribution in [2.45, 2.75) is 39.5 Å². The highest BCUT2D eigenvalue weighted by atomic mass is 16.4. The maximum Gasteiger partial charge on any atom is 0.360 e. The van der Waals surface area contributed by atoms with Crippen molar-refractivity contribution >= 4 is 22.6 Å². The number of likely N-dealkylation sites (N-methyl/N-ethyl adjacent to an activating group) is 1. The lowest BCUT2D eigenvalue weighted by molar-refractivity contribution is -0.119. The number of unbranched alkanes of at least 4 members (excludes halogenated alkanes) is 1.